The molecule has 2 N–H and O–H groups in total. The molecular weight excluding hydrogens is 334 g/mol. The smallest absolute Gasteiger partial charge is 0.0681 e. The van der Waals surface area contributed by atoms with Crippen LogP contribution >= 0.6 is 11.6 Å². The largest absolute Gasteiger partial charge is 0.392 e. The fourth-order valence-corrected chi connectivity index (χ4v) is 3.06. The molecule has 0 atom stereocenters. The molecule has 0 aliphatic carbocycles. The number of rotatable bonds is 6. The van der Waals surface area contributed by atoms with Gasteiger partial charge in [-0.3, -0.25) is 0 Å². The summed E-state index contributed by atoms with van der Waals surface area (Å²) in [7, 11) is 0. The molecule has 5 heteroatoms. The topological polar surface area (TPSA) is 50.1 Å². The molecule has 2 aromatic carbocycles. The van der Waals surface area contributed by atoms with Gasteiger partial charge in [0.2, 0.25) is 0 Å². The van der Waals surface area contributed by atoms with E-state index in [1.807, 2.05) is 54.1 Å². The number of aryl methyl sites for hydroxylation is 1. The first kappa shape index (κ1) is 17.7. The molecule has 130 valence electrons. The van der Waals surface area contributed by atoms with E-state index in [1.54, 1.807) is 0 Å². The van der Waals surface area contributed by atoms with Gasteiger partial charge in [0, 0.05) is 29.4 Å². The van der Waals surface area contributed by atoms with Crippen molar-refractivity contribution < 1.29 is 5.11 Å². The third-order valence-electron chi connectivity index (χ3n) is 4.32. The van der Waals surface area contributed by atoms with E-state index in [9.17, 15) is 5.11 Å². The van der Waals surface area contributed by atoms with Gasteiger partial charge in [0.1, 0.15) is 0 Å². The Bertz CT molecular complexity index is 856. The van der Waals surface area contributed by atoms with Crippen LogP contribution in [0.15, 0.2) is 48.5 Å². The van der Waals surface area contributed by atoms with Crippen LogP contribution in [0.4, 0.5) is 0 Å². The van der Waals surface area contributed by atoms with Crippen molar-refractivity contribution in [1.29, 1.82) is 0 Å². The van der Waals surface area contributed by atoms with Gasteiger partial charge in [-0.25, -0.2) is 4.68 Å². The van der Waals surface area contributed by atoms with Crippen molar-refractivity contribution in [2.75, 3.05) is 0 Å². The Morgan fingerprint density at radius 3 is 2.48 bits per heavy atom. The lowest BCUT2D eigenvalue weighted by atomic mass is 10.1. The number of nitrogens with zero attached hydrogens (tertiary/aromatic N) is 2. The molecule has 0 radical (unpaired) electrons. The van der Waals surface area contributed by atoms with Crippen molar-refractivity contribution in [2.24, 2.45) is 0 Å². The molecule has 0 aliphatic rings. The Morgan fingerprint density at radius 2 is 1.76 bits per heavy atom. The predicted molar refractivity (Wildman–Crippen MR) is 101 cm³/mol. The first-order valence-corrected chi connectivity index (χ1v) is 8.66. The van der Waals surface area contributed by atoms with Crippen LogP contribution < -0.4 is 5.32 Å². The van der Waals surface area contributed by atoms with E-state index in [0.717, 1.165) is 46.3 Å². The minimum absolute atomic E-state index is 0.0694. The summed E-state index contributed by atoms with van der Waals surface area (Å²) in [5.74, 6) is 0. The molecular formula is C20H22ClN3O. The van der Waals surface area contributed by atoms with E-state index >= 15 is 0 Å². The lowest BCUT2D eigenvalue weighted by Gasteiger charge is -2.08. The van der Waals surface area contributed by atoms with Crippen LogP contribution in [0, 0.1) is 13.8 Å². The molecule has 4 nitrogen and oxygen atoms in total. The van der Waals surface area contributed by atoms with Crippen LogP contribution in [-0.4, -0.2) is 14.9 Å². The van der Waals surface area contributed by atoms with Gasteiger partial charge in [0.25, 0.3) is 0 Å². The maximum atomic E-state index is 9.23. The van der Waals surface area contributed by atoms with Crippen LogP contribution in [0.1, 0.15) is 28.1 Å². The van der Waals surface area contributed by atoms with Crippen molar-refractivity contribution in [1.82, 2.24) is 15.1 Å². The summed E-state index contributed by atoms with van der Waals surface area (Å²) in [6, 6.07) is 15.7. The molecule has 0 spiro atoms. The second-order valence-electron chi connectivity index (χ2n) is 6.12. The summed E-state index contributed by atoms with van der Waals surface area (Å²) >= 11 is 5.97. The molecule has 0 aliphatic heterocycles. The summed E-state index contributed by atoms with van der Waals surface area (Å²) in [6.07, 6.45) is 0. The molecule has 0 unspecified atom stereocenters. The number of aromatic nitrogens is 2. The molecule has 0 bridgehead atoms. The number of hydrogen-bond donors (Lipinski definition) is 2. The normalized spacial score (nSPS) is 11.0. The van der Waals surface area contributed by atoms with Crippen LogP contribution in [0.2, 0.25) is 5.02 Å². The average molecular weight is 356 g/mol. The third kappa shape index (κ3) is 4.10. The monoisotopic (exact) mass is 355 g/mol. The maximum absolute atomic E-state index is 9.23. The summed E-state index contributed by atoms with van der Waals surface area (Å²) in [4.78, 5) is 0. The van der Waals surface area contributed by atoms with Crippen molar-refractivity contribution in [3.8, 4) is 5.69 Å². The fraction of sp³-hybridized carbons (Fsp3) is 0.250. The van der Waals surface area contributed by atoms with E-state index in [4.69, 9.17) is 11.6 Å². The Kier molecular flexibility index (Phi) is 5.53. The molecule has 3 aromatic rings. The predicted octanol–water partition coefficient (Wildman–Crippen LogP) is 3.92. The zero-order valence-electron chi connectivity index (χ0n) is 14.5. The number of nitrogens with one attached hydrogen (secondary N) is 1. The van der Waals surface area contributed by atoms with Crippen molar-refractivity contribution in [3.05, 3.63) is 81.6 Å². The maximum Gasteiger partial charge on any atom is 0.0681 e. The number of aliphatic hydroxyl groups is 1. The molecule has 3 rings (SSSR count). The first-order chi connectivity index (χ1) is 12.1. The van der Waals surface area contributed by atoms with Gasteiger partial charge in [0.15, 0.2) is 0 Å². The fourth-order valence-electron chi connectivity index (χ4n) is 2.93. The van der Waals surface area contributed by atoms with Crippen LogP contribution in [0.5, 0.6) is 0 Å². The summed E-state index contributed by atoms with van der Waals surface area (Å²) in [5, 5.41) is 18.1. The Labute approximate surface area is 153 Å². The lowest BCUT2D eigenvalue weighted by Crippen LogP contribution is -2.14. The van der Waals surface area contributed by atoms with E-state index in [2.05, 4.69) is 23.4 Å². The van der Waals surface area contributed by atoms with E-state index < -0.39 is 0 Å². The Morgan fingerprint density at radius 1 is 1.04 bits per heavy atom. The number of benzene rings is 2. The van der Waals surface area contributed by atoms with Gasteiger partial charge in [-0.2, -0.15) is 5.10 Å². The third-order valence-corrected chi connectivity index (χ3v) is 4.57. The van der Waals surface area contributed by atoms with Gasteiger partial charge in [-0.05, 0) is 49.2 Å². The highest BCUT2D eigenvalue weighted by Gasteiger charge is 2.12. The minimum atomic E-state index is 0.0694. The standard InChI is InChI=1S/C20H22ClN3O/c1-14-20(12-22-11-16-4-3-5-17(10-16)13-25)15(2)24(23-14)19-8-6-18(21)7-9-19/h3-10,22,25H,11-13H2,1-2H3. The van der Waals surface area contributed by atoms with Crippen LogP contribution in [0.25, 0.3) is 5.69 Å². The Balaban J connectivity index is 1.71. The van der Waals surface area contributed by atoms with E-state index in [1.165, 1.54) is 5.56 Å². The second kappa shape index (κ2) is 7.83. The van der Waals surface area contributed by atoms with Crippen molar-refractivity contribution in [2.45, 2.75) is 33.5 Å². The van der Waals surface area contributed by atoms with Gasteiger partial charge in [-0.1, -0.05) is 35.9 Å². The zero-order valence-corrected chi connectivity index (χ0v) is 15.2. The summed E-state index contributed by atoms with van der Waals surface area (Å²) in [6.45, 7) is 5.67. The van der Waals surface area contributed by atoms with Gasteiger partial charge in [-0.15, -0.1) is 0 Å². The zero-order chi connectivity index (χ0) is 17.8. The lowest BCUT2D eigenvalue weighted by molar-refractivity contribution is 0.281. The van der Waals surface area contributed by atoms with Crippen molar-refractivity contribution in [3.63, 3.8) is 0 Å². The highest BCUT2D eigenvalue weighted by Crippen LogP contribution is 2.19. The first-order valence-electron chi connectivity index (χ1n) is 8.29. The van der Waals surface area contributed by atoms with Crippen LogP contribution in [0.3, 0.4) is 0 Å². The quantitative estimate of drug-likeness (QED) is 0.704. The highest BCUT2D eigenvalue weighted by atomic mass is 35.5. The average Bonchev–Trinajstić information content (AvgIpc) is 2.91. The van der Waals surface area contributed by atoms with Crippen molar-refractivity contribution >= 4 is 11.6 Å². The molecule has 1 heterocycles. The minimum Gasteiger partial charge on any atom is -0.392 e. The number of aliphatic hydroxyl groups excluding tert-OH is 1. The molecule has 0 saturated heterocycles. The van der Waals surface area contributed by atoms with Gasteiger partial charge < -0.3 is 10.4 Å². The molecule has 0 amide bonds. The number of halogens is 1. The SMILES string of the molecule is Cc1nn(-c2ccc(Cl)cc2)c(C)c1CNCc1cccc(CO)c1. The second-order valence-corrected chi connectivity index (χ2v) is 6.56. The molecule has 25 heavy (non-hydrogen) atoms. The Hall–Kier alpha value is -2.14. The summed E-state index contributed by atoms with van der Waals surface area (Å²) in [5.41, 5.74) is 6.44. The van der Waals surface area contributed by atoms with Gasteiger partial charge >= 0.3 is 0 Å². The van der Waals surface area contributed by atoms with Gasteiger partial charge in [0.05, 0.1) is 18.0 Å². The van der Waals surface area contributed by atoms with E-state index in [-0.39, 0.29) is 6.61 Å². The molecule has 1 aromatic heterocycles. The van der Waals surface area contributed by atoms with E-state index in [0.29, 0.717) is 0 Å². The highest BCUT2D eigenvalue weighted by molar-refractivity contribution is 6.30. The van der Waals surface area contributed by atoms with Crippen LogP contribution in [-0.2, 0) is 19.7 Å². The number of hydrogen-bond acceptors (Lipinski definition) is 3. The molecule has 0 saturated carbocycles. The molecule has 0 fully saturated rings. The summed E-state index contributed by atoms with van der Waals surface area (Å²) < 4.78 is 1.95.